The second-order valence-corrected chi connectivity index (χ2v) is 5.72. The minimum Gasteiger partial charge on any atom is -0.398 e. The minimum absolute atomic E-state index is 0.114. The van der Waals surface area contributed by atoms with Crippen molar-refractivity contribution in [3.05, 3.63) is 23.2 Å². The van der Waals surface area contributed by atoms with Crippen LogP contribution in [-0.2, 0) is 4.79 Å². The summed E-state index contributed by atoms with van der Waals surface area (Å²) in [5.74, 6) is -0.245. The molecule has 102 valence electrons. The van der Waals surface area contributed by atoms with Gasteiger partial charge in [0.25, 0.3) is 0 Å². The SMILES string of the molecule is Nc1ccc(Cl)cc1SCC(=O)NC(=O)NC1CC1. The highest BCUT2D eigenvalue weighted by atomic mass is 35.5. The van der Waals surface area contributed by atoms with Crippen LogP contribution >= 0.6 is 23.4 Å². The number of nitrogens with one attached hydrogen (secondary N) is 2. The number of urea groups is 1. The van der Waals surface area contributed by atoms with Crippen LogP contribution in [0.5, 0.6) is 0 Å². The normalized spacial score (nSPS) is 13.9. The molecule has 0 spiro atoms. The van der Waals surface area contributed by atoms with Crippen LogP contribution in [0.25, 0.3) is 0 Å². The topological polar surface area (TPSA) is 84.2 Å². The summed E-state index contributed by atoms with van der Waals surface area (Å²) in [5, 5.41) is 5.51. The Morgan fingerprint density at radius 3 is 2.84 bits per heavy atom. The Hall–Kier alpha value is -1.40. The van der Waals surface area contributed by atoms with Gasteiger partial charge in [-0.2, -0.15) is 0 Å². The Labute approximate surface area is 120 Å². The summed E-state index contributed by atoms with van der Waals surface area (Å²) in [7, 11) is 0. The molecule has 19 heavy (non-hydrogen) atoms. The van der Waals surface area contributed by atoms with Gasteiger partial charge < -0.3 is 11.1 Å². The first kappa shape index (κ1) is 14.0. The zero-order valence-corrected chi connectivity index (χ0v) is 11.7. The maximum absolute atomic E-state index is 11.6. The van der Waals surface area contributed by atoms with Gasteiger partial charge in [0.1, 0.15) is 0 Å². The van der Waals surface area contributed by atoms with Crippen LogP contribution in [0.3, 0.4) is 0 Å². The standard InChI is InChI=1S/C12H14ClN3O2S/c13-7-1-4-9(14)10(5-7)19-6-11(17)16-12(18)15-8-2-3-8/h1,4-5,8H,2-3,6,14H2,(H2,15,16,17,18). The number of benzene rings is 1. The molecule has 4 N–H and O–H groups in total. The van der Waals surface area contributed by atoms with Crippen LogP contribution in [0.1, 0.15) is 12.8 Å². The summed E-state index contributed by atoms with van der Waals surface area (Å²) in [6.45, 7) is 0. The van der Waals surface area contributed by atoms with Crippen molar-refractivity contribution in [3.8, 4) is 0 Å². The van der Waals surface area contributed by atoms with E-state index in [-0.39, 0.29) is 17.7 Å². The first-order valence-corrected chi connectivity index (χ1v) is 7.19. The monoisotopic (exact) mass is 299 g/mol. The van der Waals surface area contributed by atoms with Gasteiger partial charge in [-0.15, -0.1) is 11.8 Å². The number of nitrogens with two attached hydrogens (primary N) is 1. The summed E-state index contributed by atoms with van der Waals surface area (Å²) in [6.07, 6.45) is 1.96. The minimum atomic E-state index is -0.438. The highest BCUT2D eigenvalue weighted by Crippen LogP contribution is 2.27. The largest absolute Gasteiger partial charge is 0.398 e. The number of nitrogen functional groups attached to an aromatic ring is 1. The van der Waals surface area contributed by atoms with E-state index >= 15 is 0 Å². The first-order valence-electron chi connectivity index (χ1n) is 5.83. The van der Waals surface area contributed by atoms with E-state index in [9.17, 15) is 9.59 Å². The number of carbonyl (C=O) groups is 2. The average molecular weight is 300 g/mol. The molecule has 0 aromatic heterocycles. The number of hydrogen-bond donors (Lipinski definition) is 3. The Kier molecular flexibility index (Phi) is 4.55. The third-order valence-corrected chi connectivity index (χ3v) is 3.81. The molecule has 0 radical (unpaired) electrons. The lowest BCUT2D eigenvalue weighted by molar-refractivity contribution is -0.117. The van der Waals surface area contributed by atoms with Crippen molar-refractivity contribution in [2.24, 2.45) is 0 Å². The van der Waals surface area contributed by atoms with Crippen molar-refractivity contribution in [1.29, 1.82) is 0 Å². The van der Waals surface area contributed by atoms with E-state index in [1.807, 2.05) is 0 Å². The lowest BCUT2D eigenvalue weighted by Gasteiger charge is -2.07. The smallest absolute Gasteiger partial charge is 0.321 e. The van der Waals surface area contributed by atoms with Gasteiger partial charge in [-0.25, -0.2) is 4.79 Å². The Balaban J connectivity index is 1.78. The predicted molar refractivity (Wildman–Crippen MR) is 76.3 cm³/mol. The molecule has 1 fully saturated rings. The third-order valence-electron chi connectivity index (χ3n) is 2.50. The molecule has 0 aliphatic heterocycles. The Morgan fingerprint density at radius 1 is 1.42 bits per heavy atom. The van der Waals surface area contributed by atoms with Crippen LogP contribution in [0, 0.1) is 0 Å². The van der Waals surface area contributed by atoms with Crippen LogP contribution in [0.4, 0.5) is 10.5 Å². The summed E-state index contributed by atoms with van der Waals surface area (Å²) in [4.78, 5) is 23.6. The number of imide groups is 1. The maximum Gasteiger partial charge on any atom is 0.321 e. The molecular weight excluding hydrogens is 286 g/mol. The molecular formula is C12H14ClN3O2S. The van der Waals surface area contributed by atoms with E-state index in [4.69, 9.17) is 17.3 Å². The maximum atomic E-state index is 11.6. The van der Waals surface area contributed by atoms with Crippen LogP contribution in [-0.4, -0.2) is 23.7 Å². The quantitative estimate of drug-likeness (QED) is 0.586. The second kappa shape index (κ2) is 6.16. The molecule has 0 saturated heterocycles. The first-order chi connectivity index (χ1) is 9.04. The van der Waals surface area contributed by atoms with Crippen LogP contribution in [0.15, 0.2) is 23.1 Å². The molecule has 7 heteroatoms. The molecule has 5 nitrogen and oxygen atoms in total. The second-order valence-electron chi connectivity index (χ2n) is 4.27. The molecule has 1 saturated carbocycles. The number of rotatable bonds is 4. The van der Waals surface area contributed by atoms with Gasteiger partial charge >= 0.3 is 6.03 Å². The Morgan fingerprint density at radius 2 is 2.16 bits per heavy atom. The average Bonchev–Trinajstić information content (AvgIpc) is 3.14. The van der Waals surface area contributed by atoms with Gasteiger partial charge in [0.15, 0.2) is 0 Å². The molecule has 1 aliphatic rings. The highest BCUT2D eigenvalue weighted by Gasteiger charge is 2.23. The fraction of sp³-hybridized carbons (Fsp3) is 0.333. The number of carbonyl (C=O) groups excluding carboxylic acids is 2. The van der Waals surface area contributed by atoms with Gasteiger partial charge in [-0.05, 0) is 31.0 Å². The van der Waals surface area contributed by atoms with E-state index in [2.05, 4.69) is 10.6 Å². The molecule has 0 unspecified atom stereocenters. The fourth-order valence-corrected chi connectivity index (χ4v) is 2.43. The van der Waals surface area contributed by atoms with Gasteiger partial charge in [0.05, 0.1) is 5.75 Å². The lowest BCUT2D eigenvalue weighted by atomic mass is 10.3. The molecule has 0 bridgehead atoms. The molecule has 2 rings (SSSR count). The summed E-state index contributed by atoms with van der Waals surface area (Å²) < 4.78 is 0. The molecule has 1 aromatic rings. The van der Waals surface area contributed by atoms with Gasteiger partial charge in [0, 0.05) is 21.6 Å². The van der Waals surface area contributed by atoms with Gasteiger partial charge in [0.2, 0.25) is 5.91 Å². The van der Waals surface area contributed by atoms with Crippen molar-refractivity contribution < 1.29 is 9.59 Å². The summed E-state index contributed by atoms with van der Waals surface area (Å²) in [6, 6.07) is 4.85. The summed E-state index contributed by atoms with van der Waals surface area (Å²) in [5.41, 5.74) is 6.32. The van der Waals surface area contributed by atoms with E-state index in [1.165, 1.54) is 11.8 Å². The van der Waals surface area contributed by atoms with E-state index in [0.717, 1.165) is 17.7 Å². The van der Waals surface area contributed by atoms with E-state index in [0.29, 0.717) is 10.7 Å². The molecule has 1 aromatic carbocycles. The number of thioether (sulfide) groups is 1. The van der Waals surface area contributed by atoms with Crippen LogP contribution < -0.4 is 16.4 Å². The number of hydrogen-bond acceptors (Lipinski definition) is 4. The number of anilines is 1. The molecule has 0 heterocycles. The van der Waals surface area contributed by atoms with Gasteiger partial charge in [-0.3, -0.25) is 10.1 Å². The van der Waals surface area contributed by atoms with Crippen molar-refractivity contribution in [2.75, 3.05) is 11.5 Å². The highest BCUT2D eigenvalue weighted by molar-refractivity contribution is 8.00. The van der Waals surface area contributed by atoms with Crippen molar-refractivity contribution >= 4 is 41.0 Å². The molecule has 1 aliphatic carbocycles. The van der Waals surface area contributed by atoms with Crippen molar-refractivity contribution in [3.63, 3.8) is 0 Å². The summed E-state index contributed by atoms with van der Waals surface area (Å²) >= 11 is 7.09. The van der Waals surface area contributed by atoms with Crippen molar-refractivity contribution in [1.82, 2.24) is 10.6 Å². The zero-order chi connectivity index (χ0) is 13.8. The van der Waals surface area contributed by atoms with E-state index in [1.54, 1.807) is 18.2 Å². The van der Waals surface area contributed by atoms with Crippen LogP contribution in [0.2, 0.25) is 5.02 Å². The van der Waals surface area contributed by atoms with Gasteiger partial charge in [-0.1, -0.05) is 11.6 Å². The molecule has 0 atom stereocenters. The predicted octanol–water partition coefficient (Wildman–Crippen LogP) is 2.00. The third kappa shape index (κ3) is 4.65. The molecule has 3 amide bonds. The van der Waals surface area contributed by atoms with E-state index < -0.39 is 6.03 Å². The lowest BCUT2D eigenvalue weighted by Crippen LogP contribution is -2.41. The number of halogens is 1. The number of amides is 3. The Bertz CT molecular complexity index is 506. The fourth-order valence-electron chi connectivity index (χ4n) is 1.39. The van der Waals surface area contributed by atoms with Crippen molar-refractivity contribution in [2.45, 2.75) is 23.8 Å². The zero-order valence-electron chi connectivity index (χ0n) is 10.1.